The monoisotopic (exact) mass is 94.0 g/mol. The zero-order chi connectivity index (χ0) is 5.11. The molecule has 0 atom stereocenters. The summed E-state index contributed by atoms with van der Waals surface area (Å²) in [6.07, 6.45) is 4.07. The second-order valence-corrected chi connectivity index (χ2v) is 1.06. The summed E-state index contributed by atoms with van der Waals surface area (Å²) in [5.74, 6) is 0.653. The molecule has 1 radical (unpaired) electrons. The molecule has 0 aliphatic heterocycles. The molecule has 1 aromatic heterocycles. The highest BCUT2D eigenvalue weighted by atomic mass is 16.5. The van der Waals surface area contributed by atoms with Gasteiger partial charge in [0.25, 0.3) is 0 Å². The van der Waals surface area contributed by atoms with Gasteiger partial charge >= 0.3 is 0 Å². The van der Waals surface area contributed by atoms with Gasteiger partial charge in [0.05, 0.1) is 0 Å². The van der Waals surface area contributed by atoms with Gasteiger partial charge in [0.1, 0.15) is 6.20 Å². The van der Waals surface area contributed by atoms with E-state index in [1.165, 1.54) is 0 Å². The van der Waals surface area contributed by atoms with E-state index in [2.05, 4.69) is 22.5 Å². The molecule has 0 unspecified atom stereocenters. The first-order chi connectivity index (χ1) is 3.43. The molecular weight excluding hydrogens is 90.1 g/mol. The van der Waals surface area contributed by atoms with Crippen LogP contribution in [0.3, 0.4) is 0 Å². The summed E-state index contributed by atoms with van der Waals surface area (Å²) in [5, 5.41) is 3.32. The average Bonchev–Trinajstić information content (AvgIpc) is 2.14. The molecule has 1 rings (SSSR count). The summed E-state index contributed by atoms with van der Waals surface area (Å²) < 4.78 is 4.56. The van der Waals surface area contributed by atoms with E-state index in [-0.39, 0.29) is 0 Å². The van der Waals surface area contributed by atoms with Crippen molar-refractivity contribution >= 4 is 6.08 Å². The van der Waals surface area contributed by atoms with Crippen molar-refractivity contribution in [3.05, 3.63) is 24.6 Å². The van der Waals surface area contributed by atoms with Crippen LogP contribution in [0.5, 0.6) is 0 Å². The third kappa shape index (κ3) is 0.682. The molecule has 1 aromatic rings. The van der Waals surface area contributed by atoms with Gasteiger partial charge in [0.2, 0.25) is 0 Å². The zero-order valence-electron chi connectivity index (χ0n) is 3.72. The Hall–Kier alpha value is -1.05. The molecule has 0 aromatic carbocycles. The van der Waals surface area contributed by atoms with Crippen molar-refractivity contribution in [2.75, 3.05) is 0 Å². The molecule has 0 saturated carbocycles. The van der Waals surface area contributed by atoms with E-state index in [0.29, 0.717) is 5.76 Å². The Balaban J connectivity index is 2.96. The van der Waals surface area contributed by atoms with E-state index in [1.807, 2.05) is 0 Å². The minimum absolute atomic E-state index is 0.653. The number of aromatic nitrogens is 1. The van der Waals surface area contributed by atoms with Crippen LogP contribution in [0.25, 0.3) is 6.08 Å². The molecule has 0 fully saturated rings. The molecule has 0 N–H and O–H groups in total. The van der Waals surface area contributed by atoms with Gasteiger partial charge < -0.3 is 4.52 Å². The van der Waals surface area contributed by atoms with Crippen LogP contribution in [-0.2, 0) is 0 Å². The van der Waals surface area contributed by atoms with Crippen LogP contribution in [-0.4, -0.2) is 5.16 Å². The van der Waals surface area contributed by atoms with Gasteiger partial charge in [0.15, 0.2) is 5.76 Å². The summed E-state index contributed by atoms with van der Waals surface area (Å²) in [4.78, 5) is 0. The summed E-state index contributed by atoms with van der Waals surface area (Å²) >= 11 is 0. The molecule has 0 aliphatic carbocycles. The molecule has 2 nitrogen and oxygen atoms in total. The standard InChI is InChI=1S/C5H4NO/c1-2-5-3-4-6-7-5/h2-3H,1H2. The van der Waals surface area contributed by atoms with Crippen molar-refractivity contribution in [3.63, 3.8) is 0 Å². The van der Waals surface area contributed by atoms with Gasteiger partial charge in [-0.15, -0.1) is 0 Å². The predicted octanol–water partition coefficient (Wildman–Crippen LogP) is 1.12. The van der Waals surface area contributed by atoms with Gasteiger partial charge in [-0.1, -0.05) is 11.7 Å². The molecule has 0 saturated heterocycles. The first-order valence-corrected chi connectivity index (χ1v) is 1.88. The maximum Gasteiger partial charge on any atom is 0.159 e. The van der Waals surface area contributed by atoms with E-state index in [0.717, 1.165) is 0 Å². The SMILES string of the molecule is C=Cc1c[c]no1. The highest BCUT2D eigenvalue weighted by Gasteiger charge is 1.83. The van der Waals surface area contributed by atoms with Crippen LogP contribution in [0.4, 0.5) is 0 Å². The van der Waals surface area contributed by atoms with Crippen molar-refractivity contribution in [2.45, 2.75) is 0 Å². The fourth-order valence-corrected chi connectivity index (χ4v) is 0.292. The van der Waals surface area contributed by atoms with Crippen molar-refractivity contribution < 1.29 is 4.52 Å². The van der Waals surface area contributed by atoms with Gasteiger partial charge in [-0.05, 0) is 6.08 Å². The number of nitrogens with zero attached hydrogens (tertiary/aromatic N) is 1. The minimum Gasteiger partial charge on any atom is -0.356 e. The largest absolute Gasteiger partial charge is 0.356 e. The molecule has 0 bridgehead atoms. The van der Waals surface area contributed by atoms with Crippen LogP contribution in [0.2, 0.25) is 0 Å². The Morgan fingerprint density at radius 1 is 2.00 bits per heavy atom. The van der Waals surface area contributed by atoms with Crippen LogP contribution in [0.15, 0.2) is 17.2 Å². The van der Waals surface area contributed by atoms with Crippen LogP contribution in [0.1, 0.15) is 5.76 Å². The average molecular weight is 94.1 g/mol. The van der Waals surface area contributed by atoms with Crippen LogP contribution in [0, 0.1) is 6.20 Å². The Morgan fingerprint density at radius 3 is 3.14 bits per heavy atom. The first-order valence-electron chi connectivity index (χ1n) is 1.88. The lowest BCUT2D eigenvalue weighted by molar-refractivity contribution is 0.411. The van der Waals surface area contributed by atoms with Gasteiger partial charge in [-0.25, -0.2) is 0 Å². The lowest BCUT2D eigenvalue weighted by Gasteiger charge is -1.69. The Morgan fingerprint density at radius 2 is 2.86 bits per heavy atom. The maximum atomic E-state index is 4.56. The number of hydrogen-bond donors (Lipinski definition) is 0. The molecule has 35 valence electrons. The van der Waals surface area contributed by atoms with Gasteiger partial charge in [0, 0.05) is 6.07 Å². The molecule has 7 heavy (non-hydrogen) atoms. The third-order valence-corrected chi connectivity index (χ3v) is 0.612. The van der Waals surface area contributed by atoms with E-state index in [1.54, 1.807) is 12.1 Å². The maximum absolute atomic E-state index is 4.56. The molecule has 1 heterocycles. The minimum atomic E-state index is 0.653. The number of rotatable bonds is 1. The first kappa shape index (κ1) is 4.12. The topological polar surface area (TPSA) is 26.0 Å². The fraction of sp³-hybridized carbons (Fsp3) is 0. The Bertz CT molecular complexity index is 143. The molecule has 0 aliphatic rings. The van der Waals surface area contributed by atoms with E-state index < -0.39 is 0 Å². The second-order valence-electron chi connectivity index (χ2n) is 1.06. The summed E-state index contributed by atoms with van der Waals surface area (Å²) in [7, 11) is 0. The Labute approximate surface area is 41.4 Å². The summed E-state index contributed by atoms with van der Waals surface area (Å²) in [6, 6.07) is 1.62. The van der Waals surface area contributed by atoms with Gasteiger partial charge in [-0.3, -0.25) is 0 Å². The summed E-state index contributed by atoms with van der Waals surface area (Å²) in [6.45, 7) is 3.45. The lowest BCUT2D eigenvalue weighted by Crippen LogP contribution is -1.52. The molecule has 2 heteroatoms. The third-order valence-electron chi connectivity index (χ3n) is 0.612. The highest BCUT2D eigenvalue weighted by Crippen LogP contribution is 1.94. The smallest absolute Gasteiger partial charge is 0.159 e. The van der Waals surface area contributed by atoms with Gasteiger partial charge in [-0.2, -0.15) is 0 Å². The Kier molecular flexibility index (Phi) is 0.941. The number of hydrogen-bond acceptors (Lipinski definition) is 2. The zero-order valence-corrected chi connectivity index (χ0v) is 3.72. The van der Waals surface area contributed by atoms with E-state index in [9.17, 15) is 0 Å². The highest BCUT2D eigenvalue weighted by molar-refractivity contribution is 5.36. The van der Waals surface area contributed by atoms with E-state index in [4.69, 9.17) is 0 Å². The fourth-order valence-electron chi connectivity index (χ4n) is 0.292. The van der Waals surface area contributed by atoms with Crippen LogP contribution >= 0.6 is 0 Å². The quantitative estimate of drug-likeness (QED) is 0.521. The van der Waals surface area contributed by atoms with E-state index >= 15 is 0 Å². The van der Waals surface area contributed by atoms with Crippen molar-refractivity contribution in [1.29, 1.82) is 0 Å². The second kappa shape index (κ2) is 1.60. The van der Waals surface area contributed by atoms with Crippen molar-refractivity contribution in [3.8, 4) is 0 Å². The van der Waals surface area contributed by atoms with Crippen LogP contribution < -0.4 is 0 Å². The lowest BCUT2D eigenvalue weighted by atomic mass is 10.5. The molecular formula is C5H4NO. The van der Waals surface area contributed by atoms with Crippen molar-refractivity contribution in [1.82, 2.24) is 5.16 Å². The molecule has 0 spiro atoms. The van der Waals surface area contributed by atoms with Crippen molar-refractivity contribution in [2.24, 2.45) is 0 Å². The summed E-state index contributed by atoms with van der Waals surface area (Å²) in [5.41, 5.74) is 0. The predicted molar refractivity (Wildman–Crippen MR) is 25.4 cm³/mol. The normalized spacial score (nSPS) is 8.57. The molecule has 0 amide bonds.